The van der Waals surface area contributed by atoms with Crippen LogP contribution in [0, 0.1) is 17.2 Å². The maximum absolute atomic E-state index is 12.7. The van der Waals surface area contributed by atoms with Gasteiger partial charge < -0.3 is 10.6 Å². The fourth-order valence-corrected chi connectivity index (χ4v) is 4.00. The van der Waals surface area contributed by atoms with Gasteiger partial charge in [-0.3, -0.25) is 9.78 Å². The summed E-state index contributed by atoms with van der Waals surface area (Å²) in [5.41, 5.74) is 8.20. The number of hydrogen-bond acceptors (Lipinski definition) is 4. The minimum Gasteiger partial charge on any atom is -0.342 e. The van der Waals surface area contributed by atoms with Crippen LogP contribution in [0.25, 0.3) is 10.9 Å². The van der Waals surface area contributed by atoms with Crippen molar-refractivity contribution in [1.29, 1.82) is 5.26 Å². The van der Waals surface area contributed by atoms with Crippen molar-refractivity contribution in [2.45, 2.75) is 44.1 Å². The average molecular weight is 348 g/mol. The molecule has 1 saturated heterocycles. The fraction of sp³-hybridized carbons (Fsp3) is 0.476. The van der Waals surface area contributed by atoms with E-state index >= 15 is 0 Å². The van der Waals surface area contributed by atoms with E-state index in [2.05, 4.69) is 13.0 Å². The Morgan fingerprint density at radius 3 is 2.88 bits per heavy atom. The molecule has 2 fully saturated rings. The number of carbonyl (C=O) groups excluding carboxylic acids is 1. The molecular formula is C21H24N4O. The van der Waals surface area contributed by atoms with Crippen LogP contribution >= 0.6 is 0 Å². The van der Waals surface area contributed by atoms with Crippen LogP contribution in [-0.4, -0.2) is 34.4 Å². The molecule has 2 N–H and O–H groups in total. The number of aromatic nitrogens is 1. The topological polar surface area (TPSA) is 83.0 Å². The summed E-state index contributed by atoms with van der Waals surface area (Å²) in [5, 5.41) is 10.3. The highest BCUT2D eigenvalue weighted by Gasteiger charge is 2.42. The number of likely N-dealkylation sites (tertiary alicyclic amines) is 1. The van der Waals surface area contributed by atoms with E-state index in [0.29, 0.717) is 24.4 Å². The molecule has 1 aliphatic heterocycles. The molecule has 5 nitrogen and oxygen atoms in total. The standard InChI is InChI=1S/C21H24N4O/c1-14-9-17(13-25(12-14)19(26)10-21(23)7-8-21)18-6-5-15-3-2-4-16(11-22)20(15)24-18/h2-6,14,17H,7-10,12-13,23H2,1H3/t14-,17-/m0/s1. The Kier molecular flexibility index (Phi) is 4.16. The third-order valence-corrected chi connectivity index (χ3v) is 5.69. The summed E-state index contributed by atoms with van der Waals surface area (Å²) in [7, 11) is 0. The number of hydrogen-bond donors (Lipinski definition) is 1. The molecule has 0 spiro atoms. The Morgan fingerprint density at radius 1 is 1.35 bits per heavy atom. The van der Waals surface area contributed by atoms with E-state index in [4.69, 9.17) is 10.7 Å². The van der Waals surface area contributed by atoms with Gasteiger partial charge in [-0.2, -0.15) is 5.26 Å². The number of piperidine rings is 1. The smallest absolute Gasteiger partial charge is 0.224 e. The first-order valence-electron chi connectivity index (χ1n) is 9.34. The number of pyridine rings is 1. The third kappa shape index (κ3) is 3.30. The van der Waals surface area contributed by atoms with E-state index in [1.807, 2.05) is 29.2 Å². The van der Waals surface area contributed by atoms with Crippen LogP contribution in [0.5, 0.6) is 0 Å². The van der Waals surface area contributed by atoms with Crippen LogP contribution in [0.4, 0.5) is 0 Å². The SMILES string of the molecule is C[C@H]1C[C@H](c2ccc3cccc(C#N)c3n2)CN(C(=O)CC2(N)CC2)C1. The number of fused-ring (bicyclic) bond motifs is 1. The second-order valence-electron chi connectivity index (χ2n) is 8.10. The summed E-state index contributed by atoms with van der Waals surface area (Å²) >= 11 is 0. The lowest BCUT2D eigenvalue weighted by Gasteiger charge is -2.37. The number of nitriles is 1. The molecule has 2 atom stereocenters. The monoisotopic (exact) mass is 348 g/mol. The molecule has 0 unspecified atom stereocenters. The van der Waals surface area contributed by atoms with Gasteiger partial charge in [0.1, 0.15) is 6.07 Å². The van der Waals surface area contributed by atoms with Crippen molar-refractivity contribution < 1.29 is 4.79 Å². The van der Waals surface area contributed by atoms with Gasteiger partial charge >= 0.3 is 0 Å². The van der Waals surface area contributed by atoms with Crippen LogP contribution < -0.4 is 5.73 Å². The van der Waals surface area contributed by atoms with Crippen LogP contribution in [-0.2, 0) is 4.79 Å². The molecule has 0 radical (unpaired) electrons. The zero-order chi connectivity index (χ0) is 18.3. The van der Waals surface area contributed by atoms with E-state index in [9.17, 15) is 10.1 Å². The zero-order valence-corrected chi connectivity index (χ0v) is 15.1. The summed E-state index contributed by atoms with van der Waals surface area (Å²) in [5.74, 6) is 0.793. The molecule has 2 aliphatic rings. The molecule has 26 heavy (non-hydrogen) atoms. The average Bonchev–Trinajstić information content (AvgIpc) is 3.36. The van der Waals surface area contributed by atoms with E-state index in [-0.39, 0.29) is 17.4 Å². The van der Waals surface area contributed by atoms with Gasteiger partial charge in [0.2, 0.25) is 5.91 Å². The highest BCUT2D eigenvalue weighted by atomic mass is 16.2. The number of rotatable bonds is 3. The number of nitrogens with zero attached hydrogens (tertiary/aromatic N) is 3. The van der Waals surface area contributed by atoms with Crippen molar-refractivity contribution >= 4 is 16.8 Å². The van der Waals surface area contributed by atoms with Gasteiger partial charge in [0.25, 0.3) is 0 Å². The molecule has 1 amide bonds. The number of amides is 1. The van der Waals surface area contributed by atoms with Gasteiger partial charge in [0, 0.05) is 42.0 Å². The van der Waals surface area contributed by atoms with Gasteiger partial charge in [-0.05, 0) is 37.3 Å². The van der Waals surface area contributed by atoms with Crippen molar-refractivity contribution in [2.75, 3.05) is 13.1 Å². The van der Waals surface area contributed by atoms with Crippen molar-refractivity contribution in [3.05, 3.63) is 41.6 Å². The Bertz CT molecular complexity index is 897. The third-order valence-electron chi connectivity index (χ3n) is 5.69. The first-order chi connectivity index (χ1) is 12.5. The summed E-state index contributed by atoms with van der Waals surface area (Å²) in [6, 6.07) is 12.0. The quantitative estimate of drug-likeness (QED) is 0.924. The number of benzene rings is 1. The maximum Gasteiger partial charge on any atom is 0.224 e. The van der Waals surface area contributed by atoms with E-state index in [1.54, 1.807) is 6.07 Å². The number of nitrogens with two attached hydrogens (primary N) is 1. The first-order valence-corrected chi connectivity index (χ1v) is 9.34. The summed E-state index contributed by atoms with van der Waals surface area (Å²) in [6.45, 7) is 3.67. The van der Waals surface area contributed by atoms with E-state index in [0.717, 1.165) is 42.4 Å². The normalized spacial score (nSPS) is 24.3. The fourth-order valence-electron chi connectivity index (χ4n) is 4.00. The second kappa shape index (κ2) is 6.37. The van der Waals surface area contributed by atoms with Gasteiger partial charge in [-0.15, -0.1) is 0 Å². The summed E-state index contributed by atoms with van der Waals surface area (Å²) in [4.78, 5) is 19.4. The van der Waals surface area contributed by atoms with Crippen molar-refractivity contribution in [1.82, 2.24) is 9.88 Å². The Labute approximate surface area is 153 Å². The Hall–Kier alpha value is -2.45. The Morgan fingerprint density at radius 2 is 2.15 bits per heavy atom. The molecule has 134 valence electrons. The summed E-state index contributed by atoms with van der Waals surface area (Å²) in [6.07, 6.45) is 3.37. The number of para-hydroxylation sites is 1. The van der Waals surface area contributed by atoms with Crippen LogP contribution in [0.3, 0.4) is 0 Å². The zero-order valence-electron chi connectivity index (χ0n) is 15.1. The predicted molar refractivity (Wildman–Crippen MR) is 100 cm³/mol. The molecular weight excluding hydrogens is 324 g/mol. The first kappa shape index (κ1) is 17.0. The molecule has 1 aromatic heterocycles. The number of carbonyl (C=O) groups is 1. The lowest BCUT2D eigenvalue weighted by molar-refractivity contribution is -0.133. The van der Waals surface area contributed by atoms with Gasteiger partial charge in [-0.25, -0.2) is 0 Å². The molecule has 0 bridgehead atoms. The molecule has 1 aliphatic carbocycles. The van der Waals surface area contributed by atoms with Crippen molar-refractivity contribution in [3.8, 4) is 6.07 Å². The van der Waals surface area contributed by atoms with E-state index < -0.39 is 0 Å². The lowest BCUT2D eigenvalue weighted by atomic mass is 9.87. The Balaban J connectivity index is 1.59. The minimum atomic E-state index is -0.254. The van der Waals surface area contributed by atoms with Crippen molar-refractivity contribution in [3.63, 3.8) is 0 Å². The van der Waals surface area contributed by atoms with Gasteiger partial charge in [0.05, 0.1) is 11.1 Å². The molecule has 2 heterocycles. The molecule has 5 heteroatoms. The molecule has 4 rings (SSSR count). The molecule has 1 aromatic carbocycles. The molecule has 1 saturated carbocycles. The largest absolute Gasteiger partial charge is 0.342 e. The highest BCUT2D eigenvalue weighted by Crippen LogP contribution is 2.37. The van der Waals surface area contributed by atoms with E-state index in [1.165, 1.54) is 0 Å². The van der Waals surface area contributed by atoms with Gasteiger partial charge in [-0.1, -0.05) is 25.1 Å². The maximum atomic E-state index is 12.7. The van der Waals surface area contributed by atoms with Gasteiger partial charge in [0.15, 0.2) is 0 Å². The second-order valence-corrected chi connectivity index (χ2v) is 8.10. The highest BCUT2D eigenvalue weighted by molar-refractivity contribution is 5.84. The lowest BCUT2D eigenvalue weighted by Crippen LogP contribution is -2.45. The summed E-state index contributed by atoms with van der Waals surface area (Å²) < 4.78 is 0. The predicted octanol–water partition coefficient (Wildman–Crippen LogP) is 2.94. The van der Waals surface area contributed by atoms with Crippen LogP contribution in [0.15, 0.2) is 30.3 Å². The molecule has 2 aromatic rings. The van der Waals surface area contributed by atoms with Crippen LogP contribution in [0.2, 0.25) is 0 Å². The minimum absolute atomic E-state index is 0.167. The van der Waals surface area contributed by atoms with Crippen molar-refractivity contribution in [2.24, 2.45) is 11.7 Å². The van der Waals surface area contributed by atoms with Crippen LogP contribution in [0.1, 0.15) is 49.8 Å².